The summed E-state index contributed by atoms with van der Waals surface area (Å²) in [6.07, 6.45) is 1.47. The van der Waals surface area contributed by atoms with Crippen molar-refractivity contribution in [3.8, 4) is 0 Å². The first kappa shape index (κ1) is 21.2. The summed E-state index contributed by atoms with van der Waals surface area (Å²) in [7, 11) is 0. The molecule has 8 heteroatoms. The Labute approximate surface area is 192 Å². The van der Waals surface area contributed by atoms with E-state index in [1.165, 1.54) is 23.9 Å². The number of imide groups is 2. The number of hydrogen-bond donors (Lipinski definition) is 1. The minimum atomic E-state index is -0.886. The standard InChI is InChI=1S/C23H14Cl2N2O3S/c24-17-10-6-11-18(20(17)25)27-22(29)16(21(28)26-23(27)30)13-14-7-4-5-12-19(14)31-15-8-2-1-3-9-15/h1-13H,(H,26,28,30)/b16-13-. The Balaban J connectivity index is 1.74. The van der Waals surface area contributed by atoms with E-state index in [9.17, 15) is 14.4 Å². The number of nitrogens with zero attached hydrogens (tertiary/aromatic N) is 1. The third kappa shape index (κ3) is 4.37. The zero-order chi connectivity index (χ0) is 22.0. The molecule has 0 radical (unpaired) electrons. The van der Waals surface area contributed by atoms with Gasteiger partial charge in [0, 0.05) is 9.79 Å². The normalized spacial score (nSPS) is 15.4. The molecule has 31 heavy (non-hydrogen) atoms. The largest absolute Gasteiger partial charge is 0.336 e. The first-order valence-corrected chi connectivity index (χ1v) is 10.7. The summed E-state index contributed by atoms with van der Waals surface area (Å²) in [6, 6.07) is 20.8. The van der Waals surface area contributed by atoms with Gasteiger partial charge in [0.25, 0.3) is 11.8 Å². The summed E-state index contributed by atoms with van der Waals surface area (Å²) in [5.74, 6) is -1.55. The van der Waals surface area contributed by atoms with Gasteiger partial charge in [0.2, 0.25) is 0 Å². The molecule has 0 saturated carbocycles. The van der Waals surface area contributed by atoms with Gasteiger partial charge in [-0.3, -0.25) is 14.9 Å². The topological polar surface area (TPSA) is 66.5 Å². The van der Waals surface area contributed by atoms with Gasteiger partial charge in [-0.2, -0.15) is 0 Å². The van der Waals surface area contributed by atoms with Crippen molar-refractivity contribution in [3.05, 3.63) is 94.0 Å². The fourth-order valence-corrected chi connectivity index (χ4v) is 4.32. The fraction of sp³-hybridized carbons (Fsp3) is 0. The molecule has 0 aromatic heterocycles. The van der Waals surface area contributed by atoms with Crippen LogP contribution < -0.4 is 10.2 Å². The monoisotopic (exact) mass is 468 g/mol. The summed E-state index contributed by atoms with van der Waals surface area (Å²) in [5.41, 5.74) is 0.583. The van der Waals surface area contributed by atoms with Gasteiger partial charge in [0.05, 0.1) is 15.7 Å². The number of nitrogens with one attached hydrogen (secondary N) is 1. The molecule has 1 N–H and O–H groups in total. The molecule has 1 heterocycles. The van der Waals surface area contributed by atoms with Crippen molar-refractivity contribution in [1.82, 2.24) is 5.32 Å². The van der Waals surface area contributed by atoms with Crippen molar-refractivity contribution in [1.29, 1.82) is 0 Å². The summed E-state index contributed by atoms with van der Waals surface area (Å²) in [4.78, 5) is 40.8. The van der Waals surface area contributed by atoms with Crippen LogP contribution in [0.5, 0.6) is 0 Å². The second kappa shape index (κ2) is 8.98. The van der Waals surface area contributed by atoms with Gasteiger partial charge in [0.15, 0.2) is 0 Å². The maximum atomic E-state index is 13.2. The van der Waals surface area contributed by atoms with Gasteiger partial charge in [-0.1, -0.05) is 77.4 Å². The van der Waals surface area contributed by atoms with Crippen molar-refractivity contribution >= 4 is 64.6 Å². The molecule has 1 saturated heterocycles. The average Bonchev–Trinajstić information content (AvgIpc) is 2.76. The predicted octanol–water partition coefficient (Wildman–Crippen LogP) is 5.81. The van der Waals surface area contributed by atoms with Crippen molar-refractivity contribution < 1.29 is 14.4 Å². The number of urea groups is 1. The van der Waals surface area contributed by atoms with Crippen LogP contribution in [0.1, 0.15) is 5.56 Å². The molecule has 1 aliphatic heterocycles. The number of rotatable bonds is 4. The van der Waals surface area contributed by atoms with Gasteiger partial charge in [-0.25, -0.2) is 9.69 Å². The molecule has 1 aliphatic rings. The van der Waals surface area contributed by atoms with Crippen LogP contribution in [0.15, 0.2) is 88.2 Å². The lowest BCUT2D eigenvalue weighted by Crippen LogP contribution is -2.54. The van der Waals surface area contributed by atoms with E-state index in [-0.39, 0.29) is 21.3 Å². The number of halogens is 2. The second-order valence-corrected chi connectivity index (χ2v) is 8.38. The predicted molar refractivity (Wildman–Crippen MR) is 122 cm³/mol. The van der Waals surface area contributed by atoms with E-state index in [1.54, 1.807) is 18.2 Å². The molecule has 0 unspecified atom stereocenters. The summed E-state index contributed by atoms with van der Waals surface area (Å²) >= 11 is 13.7. The van der Waals surface area contributed by atoms with E-state index in [0.717, 1.165) is 14.7 Å². The van der Waals surface area contributed by atoms with E-state index < -0.39 is 17.8 Å². The van der Waals surface area contributed by atoms with Crippen LogP contribution in [0, 0.1) is 0 Å². The Hall–Kier alpha value is -3.06. The molecule has 4 amide bonds. The molecule has 3 aromatic rings. The number of carbonyl (C=O) groups is 3. The minimum absolute atomic E-state index is 0.0430. The Bertz CT molecular complexity index is 1230. The van der Waals surface area contributed by atoms with E-state index >= 15 is 0 Å². The van der Waals surface area contributed by atoms with Crippen LogP contribution in [0.3, 0.4) is 0 Å². The molecule has 0 spiro atoms. The maximum Gasteiger partial charge on any atom is 0.336 e. The third-order valence-electron chi connectivity index (χ3n) is 4.46. The van der Waals surface area contributed by atoms with Crippen molar-refractivity contribution in [2.75, 3.05) is 4.90 Å². The molecular weight excluding hydrogens is 455 g/mol. The van der Waals surface area contributed by atoms with E-state index in [4.69, 9.17) is 23.2 Å². The first-order valence-electron chi connectivity index (χ1n) is 9.13. The van der Waals surface area contributed by atoms with Gasteiger partial charge in [0.1, 0.15) is 5.57 Å². The molecule has 1 fully saturated rings. The number of anilines is 1. The highest BCUT2D eigenvalue weighted by atomic mass is 35.5. The Morgan fingerprint density at radius 1 is 0.839 bits per heavy atom. The SMILES string of the molecule is O=C1NC(=O)N(c2cccc(Cl)c2Cl)C(=O)/C1=C\c1ccccc1Sc1ccccc1. The molecule has 0 aliphatic carbocycles. The van der Waals surface area contributed by atoms with Gasteiger partial charge in [-0.15, -0.1) is 0 Å². The summed E-state index contributed by atoms with van der Waals surface area (Å²) < 4.78 is 0. The highest BCUT2D eigenvalue weighted by molar-refractivity contribution is 7.99. The number of carbonyl (C=O) groups excluding carboxylic acids is 3. The number of hydrogen-bond acceptors (Lipinski definition) is 4. The van der Waals surface area contributed by atoms with Crippen LogP contribution in [-0.4, -0.2) is 17.8 Å². The lowest BCUT2D eigenvalue weighted by Gasteiger charge is -2.27. The second-order valence-electron chi connectivity index (χ2n) is 6.48. The summed E-state index contributed by atoms with van der Waals surface area (Å²) in [5, 5.41) is 2.42. The smallest absolute Gasteiger partial charge is 0.273 e. The lowest BCUT2D eigenvalue weighted by atomic mass is 10.1. The Kier molecular flexibility index (Phi) is 6.13. The van der Waals surface area contributed by atoms with Crippen LogP contribution >= 0.6 is 35.0 Å². The van der Waals surface area contributed by atoms with Crippen LogP contribution in [0.25, 0.3) is 6.08 Å². The fourth-order valence-electron chi connectivity index (χ4n) is 3.01. The van der Waals surface area contributed by atoms with E-state index in [2.05, 4.69) is 5.32 Å². The minimum Gasteiger partial charge on any atom is -0.273 e. The molecule has 0 atom stereocenters. The molecule has 5 nitrogen and oxygen atoms in total. The first-order chi connectivity index (χ1) is 15.0. The number of barbiturate groups is 1. The molecule has 0 bridgehead atoms. The summed E-state index contributed by atoms with van der Waals surface area (Å²) in [6.45, 7) is 0. The van der Waals surface area contributed by atoms with Crippen molar-refractivity contribution in [2.45, 2.75) is 9.79 Å². The van der Waals surface area contributed by atoms with Crippen molar-refractivity contribution in [2.24, 2.45) is 0 Å². The molecule has 154 valence electrons. The highest BCUT2D eigenvalue weighted by Gasteiger charge is 2.38. The Morgan fingerprint density at radius 3 is 2.32 bits per heavy atom. The van der Waals surface area contributed by atoms with E-state index in [0.29, 0.717) is 5.56 Å². The average molecular weight is 469 g/mol. The van der Waals surface area contributed by atoms with Gasteiger partial charge in [-0.05, 0) is 42.0 Å². The van der Waals surface area contributed by atoms with Crippen LogP contribution in [-0.2, 0) is 9.59 Å². The van der Waals surface area contributed by atoms with E-state index in [1.807, 2.05) is 48.5 Å². The molecular formula is C23H14Cl2N2O3S. The zero-order valence-corrected chi connectivity index (χ0v) is 18.2. The molecule has 3 aromatic carbocycles. The van der Waals surface area contributed by atoms with Gasteiger partial charge >= 0.3 is 6.03 Å². The van der Waals surface area contributed by atoms with Crippen molar-refractivity contribution in [3.63, 3.8) is 0 Å². The maximum absolute atomic E-state index is 13.2. The lowest BCUT2D eigenvalue weighted by molar-refractivity contribution is -0.122. The Morgan fingerprint density at radius 2 is 1.55 bits per heavy atom. The molecule has 4 rings (SSSR count). The van der Waals surface area contributed by atoms with Gasteiger partial charge < -0.3 is 0 Å². The quantitative estimate of drug-likeness (QED) is 0.387. The highest BCUT2D eigenvalue weighted by Crippen LogP contribution is 2.35. The zero-order valence-electron chi connectivity index (χ0n) is 15.8. The van der Waals surface area contributed by atoms with Crippen LogP contribution in [0.4, 0.5) is 10.5 Å². The van der Waals surface area contributed by atoms with Crippen LogP contribution in [0.2, 0.25) is 10.0 Å². The third-order valence-corrected chi connectivity index (χ3v) is 6.37. The number of amides is 4. The number of benzene rings is 3.